The Morgan fingerprint density at radius 2 is 1.89 bits per heavy atom. The van der Waals surface area contributed by atoms with Crippen molar-refractivity contribution in [1.82, 2.24) is 9.29 Å². The van der Waals surface area contributed by atoms with Crippen LogP contribution in [0.5, 0.6) is 5.75 Å². The average Bonchev–Trinajstić information content (AvgIpc) is 3.12. The molecule has 2 aromatic carbocycles. The van der Waals surface area contributed by atoms with Gasteiger partial charge in [-0.15, -0.1) is 0 Å². The first kappa shape index (κ1) is 18.7. The molecular weight excluding hydrogens is 380 g/mol. The molecule has 3 aromatic rings. The lowest BCUT2D eigenvalue weighted by molar-refractivity contribution is 0.0730. The van der Waals surface area contributed by atoms with E-state index in [1.807, 2.05) is 24.3 Å². The molecule has 0 unspecified atom stereocenters. The third kappa shape index (κ3) is 3.09. The van der Waals surface area contributed by atoms with E-state index in [4.69, 9.17) is 9.47 Å². The number of fused-ring (bicyclic) bond motifs is 1. The van der Waals surface area contributed by atoms with Crippen LogP contribution in [0.25, 0.3) is 22.2 Å². The van der Waals surface area contributed by atoms with Gasteiger partial charge in [0.1, 0.15) is 5.75 Å². The maximum atomic E-state index is 13.0. The Hall–Kier alpha value is -2.68. The molecule has 1 saturated heterocycles. The number of aldehydes is 1. The summed E-state index contributed by atoms with van der Waals surface area (Å²) in [4.78, 5) is 15.3. The van der Waals surface area contributed by atoms with E-state index in [1.165, 1.54) is 4.31 Å². The topological polar surface area (TPSA) is 88.7 Å². The predicted molar refractivity (Wildman–Crippen MR) is 105 cm³/mol. The number of hydrogen-bond donors (Lipinski definition) is 1. The molecule has 2 heterocycles. The van der Waals surface area contributed by atoms with Crippen LogP contribution in [0.1, 0.15) is 10.4 Å². The highest BCUT2D eigenvalue weighted by Crippen LogP contribution is 2.35. The van der Waals surface area contributed by atoms with Gasteiger partial charge >= 0.3 is 0 Å². The number of hydrogen-bond acceptors (Lipinski definition) is 5. The highest BCUT2D eigenvalue weighted by molar-refractivity contribution is 7.89. The van der Waals surface area contributed by atoms with Gasteiger partial charge in [-0.25, -0.2) is 8.42 Å². The van der Waals surface area contributed by atoms with Crippen LogP contribution < -0.4 is 4.74 Å². The Balaban J connectivity index is 1.85. The van der Waals surface area contributed by atoms with Crippen LogP contribution in [0.15, 0.2) is 47.4 Å². The second-order valence-corrected chi connectivity index (χ2v) is 8.39. The molecule has 28 heavy (non-hydrogen) atoms. The van der Waals surface area contributed by atoms with E-state index >= 15 is 0 Å². The van der Waals surface area contributed by atoms with Gasteiger partial charge in [0.2, 0.25) is 10.0 Å². The molecule has 1 aliphatic rings. The van der Waals surface area contributed by atoms with E-state index in [0.29, 0.717) is 54.2 Å². The van der Waals surface area contributed by atoms with Crippen molar-refractivity contribution in [3.63, 3.8) is 0 Å². The third-order valence-corrected chi connectivity index (χ3v) is 6.81. The molecule has 0 saturated carbocycles. The zero-order valence-corrected chi connectivity index (χ0v) is 16.2. The summed E-state index contributed by atoms with van der Waals surface area (Å²) >= 11 is 0. The van der Waals surface area contributed by atoms with Gasteiger partial charge in [0.15, 0.2) is 6.29 Å². The minimum atomic E-state index is -3.65. The molecule has 1 N–H and O–H groups in total. The predicted octanol–water partition coefficient (Wildman–Crippen LogP) is 2.68. The second kappa shape index (κ2) is 7.38. The summed E-state index contributed by atoms with van der Waals surface area (Å²) in [6.45, 7) is 1.40. The van der Waals surface area contributed by atoms with Crippen molar-refractivity contribution < 1.29 is 22.7 Å². The molecule has 0 spiro atoms. The zero-order chi connectivity index (χ0) is 19.7. The van der Waals surface area contributed by atoms with E-state index in [2.05, 4.69) is 4.98 Å². The number of carbonyl (C=O) groups is 1. The van der Waals surface area contributed by atoms with Crippen LogP contribution in [-0.2, 0) is 14.8 Å². The van der Waals surface area contributed by atoms with E-state index < -0.39 is 10.0 Å². The summed E-state index contributed by atoms with van der Waals surface area (Å²) < 4.78 is 38.0. The molecule has 0 aliphatic carbocycles. The van der Waals surface area contributed by atoms with Gasteiger partial charge in [0.05, 0.1) is 30.9 Å². The van der Waals surface area contributed by atoms with Crippen LogP contribution in [0, 0.1) is 0 Å². The standard InChI is InChI=1S/C20H20N2O5S/c1-26-19-5-3-2-4-15(19)20-17(13-23)16-12-14(6-7-18(16)21-20)28(24,25)22-8-10-27-11-9-22/h2-7,12-13,21H,8-11H2,1H3. The largest absolute Gasteiger partial charge is 0.496 e. The Morgan fingerprint density at radius 1 is 1.14 bits per heavy atom. The number of carbonyl (C=O) groups excluding carboxylic acids is 1. The normalized spacial score (nSPS) is 15.6. The monoisotopic (exact) mass is 400 g/mol. The van der Waals surface area contributed by atoms with Crippen molar-refractivity contribution >= 4 is 27.2 Å². The molecule has 0 atom stereocenters. The molecule has 7 nitrogen and oxygen atoms in total. The van der Waals surface area contributed by atoms with Crippen molar-refractivity contribution in [1.29, 1.82) is 0 Å². The summed E-state index contributed by atoms with van der Waals surface area (Å²) in [5.41, 5.74) is 2.42. The average molecular weight is 400 g/mol. The maximum absolute atomic E-state index is 13.0. The van der Waals surface area contributed by atoms with Gasteiger partial charge < -0.3 is 14.5 Å². The summed E-state index contributed by atoms with van der Waals surface area (Å²) in [5, 5.41) is 0.560. The number of nitrogens with zero attached hydrogens (tertiary/aromatic N) is 1. The van der Waals surface area contributed by atoms with Crippen molar-refractivity contribution in [3.05, 3.63) is 48.0 Å². The maximum Gasteiger partial charge on any atom is 0.243 e. The number of aromatic nitrogens is 1. The Kier molecular flexibility index (Phi) is 4.92. The number of sulfonamides is 1. The molecule has 1 fully saturated rings. The third-order valence-electron chi connectivity index (χ3n) is 4.91. The van der Waals surface area contributed by atoms with E-state index in [9.17, 15) is 13.2 Å². The summed E-state index contributed by atoms with van der Waals surface area (Å²) in [6.07, 6.45) is 0.742. The highest BCUT2D eigenvalue weighted by atomic mass is 32.2. The minimum absolute atomic E-state index is 0.163. The Morgan fingerprint density at radius 3 is 2.61 bits per heavy atom. The van der Waals surface area contributed by atoms with Crippen LogP contribution in [0.4, 0.5) is 0 Å². The number of nitrogens with one attached hydrogen (secondary N) is 1. The van der Waals surface area contributed by atoms with Crippen molar-refractivity contribution in [2.45, 2.75) is 4.90 Å². The number of rotatable bonds is 5. The fourth-order valence-corrected chi connectivity index (χ4v) is 4.91. The SMILES string of the molecule is COc1ccccc1-c1[nH]c2ccc(S(=O)(=O)N3CCOCC3)cc2c1C=O. The van der Waals surface area contributed by atoms with Gasteiger partial charge in [-0.1, -0.05) is 12.1 Å². The van der Waals surface area contributed by atoms with Crippen molar-refractivity contribution in [2.24, 2.45) is 0 Å². The first-order chi connectivity index (χ1) is 13.6. The minimum Gasteiger partial charge on any atom is -0.496 e. The second-order valence-electron chi connectivity index (χ2n) is 6.46. The summed E-state index contributed by atoms with van der Waals surface area (Å²) in [7, 11) is -2.08. The van der Waals surface area contributed by atoms with Crippen LogP contribution in [0.2, 0.25) is 0 Å². The van der Waals surface area contributed by atoms with Crippen LogP contribution in [-0.4, -0.2) is 57.4 Å². The number of H-pyrrole nitrogens is 1. The molecule has 0 bridgehead atoms. The summed E-state index contributed by atoms with van der Waals surface area (Å²) in [6, 6.07) is 12.2. The molecule has 4 rings (SSSR count). The van der Waals surface area contributed by atoms with Gasteiger partial charge in [0, 0.05) is 35.1 Å². The number of morpholine rings is 1. The lowest BCUT2D eigenvalue weighted by Crippen LogP contribution is -2.40. The first-order valence-corrected chi connectivity index (χ1v) is 10.3. The highest BCUT2D eigenvalue weighted by Gasteiger charge is 2.27. The first-order valence-electron chi connectivity index (χ1n) is 8.88. The van der Waals surface area contributed by atoms with E-state index in [0.717, 1.165) is 11.8 Å². The van der Waals surface area contributed by atoms with Crippen LogP contribution in [0.3, 0.4) is 0 Å². The molecule has 1 aliphatic heterocycles. The van der Waals surface area contributed by atoms with Gasteiger partial charge in [-0.3, -0.25) is 4.79 Å². The lowest BCUT2D eigenvalue weighted by Gasteiger charge is -2.26. The number of ether oxygens (including phenoxy) is 2. The fourth-order valence-electron chi connectivity index (χ4n) is 3.47. The number of methoxy groups -OCH3 is 1. The fraction of sp³-hybridized carbons (Fsp3) is 0.250. The molecule has 146 valence electrons. The molecular formula is C20H20N2O5S. The van der Waals surface area contributed by atoms with Crippen molar-refractivity contribution in [2.75, 3.05) is 33.4 Å². The van der Waals surface area contributed by atoms with Gasteiger partial charge in [0.25, 0.3) is 0 Å². The van der Waals surface area contributed by atoms with Gasteiger partial charge in [-0.05, 0) is 30.3 Å². The smallest absolute Gasteiger partial charge is 0.243 e. The number of para-hydroxylation sites is 1. The molecule has 0 radical (unpaired) electrons. The van der Waals surface area contributed by atoms with E-state index in [-0.39, 0.29) is 4.90 Å². The molecule has 8 heteroatoms. The van der Waals surface area contributed by atoms with Crippen LogP contribution >= 0.6 is 0 Å². The number of benzene rings is 2. The lowest BCUT2D eigenvalue weighted by atomic mass is 10.1. The Labute approximate surface area is 162 Å². The van der Waals surface area contributed by atoms with E-state index in [1.54, 1.807) is 25.3 Å². The number of aromatic amines is 1. The quantitative estimate of drug-likeness (QED) is 0.665. The zero-order valence-electron chi connectivity index (χ0n) is 15.3. The summed E-state index contributed by atoms with van der Waals surface area (Å²) in [5.74, 6) is 0.623. The molecule has 0 amide bonds. The molecule has 1 aromatic heterocycles. The Bertz CT molecular complexity index is 1130. The van der Waals surface area contributed by atoms with Crippen molar-refractivity contribution in [3.8, 4) is 17.0 Å². The van der Waals surface area contributed by atoms with Gasteiger partial charge in [-0.2, -0.15) is 4.31 Å².